The molecular weight excluding hydrogens is 212 g/mol. The number of hydrogen-bond donors (Lipinski definition) is 1. The lowest BCUT2D eigenvalue weighted by Gasteiger charge is -2.34. The predicted octanol–water partition coefficient (Wildman–Crippen LogP) is 2.18. The summed E-state index contributed by atoms with van der Waals surface area (Å²) in [6, 6.07) is 8.65. The van der Waals surface area contributed by atoms with E-state index in [-0.39, 0.29) is 0 Å². The monoisotopic (exact) mass is 234 g/mol. The quantitative estimate of drug-likeness (QED) is 0.868. The van der Waals surface area contributed by atoms with E-state index in [4.69, 9.17) is 10.5 Å². The molecule has 1 unspecified atom stereocenters. The van der Waals surface area contributed by atoms with Gasteiger partial charge < -0.3 is 10.5 Å². The van der Waals surface area contributed by atoms with E-state index in [0.717, 1.165) is 5.75 Å². The van der Waals surface area contributed by atoms with Gasteiger partial charge >= 0.3 is 0 Å². The molecule has 3 nitrogen and oxygen atoms in total. The molecule has 1 heterocycles. The van der Waals surface area contributed by atoms with E-state index in [1.807, 2.05) is 12.1 Å². The Morgan fingerprint density at radius 3 is 2.35 bits per heavy atom. The van der Waals surface area contributed by atoms with Gasteiger partial charge in [-0.3, -0.25) is 4.90 Å². The number of hydrogen-bond acceptors (Lipinski definition) is 3. The zero-order chi connectivity index (χ0) is 12.1. The van der Waals surface area contributed by atoms with Crippen LogP contribution >= 0.6 is 0 Å². The molecule has 1 aromatic carbocycles. The molecular formula is C14H22N2O. The van der Waals surface area contributed by atoms with Crippen LogP contribution in [0.25, 0.3) is 0 Å². The molecule has 94 valence electrons. The smallest absolute Gasteiger partial charge is 0.118 e. The second-order valence-electron chi connectivity index (χ2n) is 4.62. The van der Waals surface area contributed by atoms with Gasteiger partial charge in [-0.2, -0.15) is 0 Å². The Kier molecular flexibility index (Phi) is 4.40. The second-order valence-corrected chi connectivity index (χ2v) is 4.62. The highest BCUT2D eigenvalue weighted by Gasteiger charge is 2.20. The topological polar surface area (TPSA) is 38.5 Å². The SMILES string of the molecule is COc1ccc(C(CN)N2CCCCC2)cc1. The largest absolute Gasteiger partial charge is 0.497 e. The molecule has 0 saturated carbocycles. The van der Waals surface area contributed by atoms with Crippen molar-refractivity contribution in [1.82, 2.24) is 4.90 Å². The van der Waals surface area contributed by atoms with E-state index < -0.39 is 0 Å². The van der Waals surface area contributed by atoms with Crippen LogP contribution in [0.15, 0.2) is 24.3 Å². The molecule has 1 saturated heterocycles. The molecule has 17 heavy (non-hydrogen) atoms. The molecule has 0 spiro atoms. The van der Waals surface area contributed by atoms with Crippen molar-refractivity contribution in [2.75, 3.05) is 26.7 Å². The van der Waals surface area contributed by atoms with Crippen molar-refractivity contribution < 1.29 is 4.74 Å². The van der Waals surface area contributed by atoms with Crippen molar-refractivity contribution in [3.05, 3.63) is 29.8 Å². The highest BCUT2D eigenvalue weighted by molar-refractivity contribution is 5.29. The van der Waals surface area contributed by atoms with Gasteiger partial charge in [0, 0.05) is 12.6 Å². The fourth-order valence-corrected chi connectivity index (χ4v) is 2.55. The first kappa shape index (κ1) is 12.4. The summed E-state index contributed by atoms with van der Waals surface area (Å²) in [5.74, 6) is 0.906. The Labute approximate surface area is 104 Å². The number of rotatable bonds is 4. The van der Waals surface area contributed by atoms with Crippen molar-refractivity contribution in [3.8, 4) is 5.75 Å². The normalized spacial score (nSPS) is 18.9. The third-order valence-electron chi connectivity index (χ3n) is 3.56. The van der Waals surface area contributed by atoms with Gasteiger partial charge in [0.1, 0.15) is 5.75 Å². The zero-order valence-electron chi connectivity index (χ0n) is 10.6. The maximum atomic E-state index is 5.93. The molecule has 2 rings (SSSR count). The summed E-state index contributed by atoms with van der Waals surface area (Å²) in [6.45, 7) is 3.04. The van der Waals surface area contributed by atoms with Crippen molar-refractivity contribution in [3.63, 3.8) is 0 Å². The number of ether oxygens (including phenoxy) is 1. The lowest BCUT2D eigenvalue weighted by molar-refractivity contribution is 0.167. The van der Waals surface area contributed by atoms with E-state index in [9.17, 15) is 0 Å². The first-order chi connectivity index (χ1) is 8.35. The molecule has 0 bridgehead atoms. The van der Waals surface area contributed by atoms with Gasteiger partial charge in [0.15, 0.2) is 0 Å². The van der Waals surface area contributed by atoms with Crippen molar-refractivity contribution >= 4 is 0 Å². The van der Waals surface area contributed by atoms with Crippen LogP contribution in [-0.4, -0.2) is 31.6 Å². The fraction of sp³-hybridized carbons (Fsp3) is 0.571. The van der Waals surface area contributed by atoms with E-state index in [2.05, 4.69) is 17.0 Å². The second kappa shape index (κ2) is 6.03. The minimum absolute atomic E-state index is 0.362. The van der Waals surface area contributed by atoms with Gasteiger partial charge in [0.25, 0.3) is 0 Å². The number of piperidine rings is 1. The Bertz CT molecular complexity index is 331. The van der Waals surface area contributed by atoms with Gasteiger partial charge in [-0.15, -0.1) is 0 Å². The molecule has 1 atom stereocenters. The van der Waals surface area contributed by atoms with Crippen molar-refractivity contribution in [2.24, 2.45) is 5.73 Å². The molecule has 0 aliphatic carbocycles. The molecule has 0 amide bonds. The van der Waals surface area contributed by atoms with Crippen LogP contribution < -0.4 is 10.5 Å². The van der Waals surface area contributed by atoms with Crippen LogP contribution in [0.2, 0.25) is 0 Å². The average Bonchev–Trinajstić information content (AvgIpc) is 2.42. The number of benzene rings is 1. The van der Waals surface area contributed by atoms with Crippen LogP contribution in [-0.2, 0) is 0 Å². The van der Waals surface area contributed by atoms with Crippen LogP contribution in [0.5, 0.6) is 5.75 Å². The van der Waals surface area contributed by atoms with Crippen LogP contribution in [0.4, 0.5) is 0 Å². The average molecular weight is 234 g/mol. The molecule has 1 fully saturated rings. The lowest BCUT2D eigenvalue weighted by atomic mass is 10.0. The summed E-state index contributed by atoms with van der Waals surface area (Å²) in [7, 11) is 1.69. The lowest BCUT2D eigenvalue weighted by Crippen LogP contribution is -2.37. The summed E-state index contributed by atoms with van der Waals surface area (Å²) in [4.78, 5) is 2.51. The molecule has 1 aliphatic heterocycles. The molecule has 0 aromatic heterocycles. The van der Waals surface area contributed by atoms with E-state index in [1.165, 1.54) is 37.9 Å². The zero-order valence-corrected chi connectivity index (χ0v) is 10.6. The number of methoxy groups -OCH3 is 1. The van der Waals surface area contributed by atoms with Crippen molar-refractivity contribution in [1.29, 1.82) is 0 Å². The molecule has 2 N–H and O–H groups in total. The summed E-state index contributed by atoms with van der Waals surface area (Å²) >= 11 is 0. The highest BCUT2D eigenvalue weighted by atomic mass is 16.5. The first-order valence-electron chi connectivity index (χ1n) is 6.43. The van der Waals surface area contributed by atoms with Gasteiger partial charge in [-0.1, -0.05) is 18.6 Å². The van der Waals surface area contributed by atoms with Crippen LogP contribution in [0, 0.1) is 0 Å². The van der Waals surface area contributed by atoms with E-state index >= 15 is 0 Å². The van der Waals surface area contributed by atoms with Crippen LogP contribution in [0.3, 0.4) is 0 Å². The third kappa shape index (κ3) is 2.99. The molecule has 1 aliphatic rings. The Balaban J connectivity index is 2.10. The number of nitrogens with zero attached hydrogens (tertiary/aromatic N) is 1. The third-order valence-corrected chi connectivity index (χ3v) is 3.56. The minimum atomic E-state index is 0.362. The Hall–Kier alpha value is -1.06. The molecule has 1 aromatic rings. The van der Waals surface area contributed by atoms with Crippen molar-refractivity contribution in [2.45, 2.75) is 25.3 Å². The van der Waals surface area contributed by atoms with E-state index in [0.29, 0.717) is 12.6 Å². The Morgan fingerprint density at radius 1 is 1.18 bits per heavy atom. The highest BCUT2D eigenvalue weighted by Crippen LogP contribution is 2.25. The number of nitrogens with two attached hydrogens (primary N) is 1. The summed E-state index contributed by atoms with van der Waals surface area (Å²) in [5.41, 5.74) is 7.23. The molecule has 3 heteroatoms. The van der Waals surface area contributed by atoms with E-state index in [1.54, 1.807) is 7.11 Å². The van der Waals surface area contributed by atoms with Gasteiger partial charge in [-0.05, 0) is 43.6 Å². The minimum Gasteiger partial charge on any atom is -0.497 e. The maximum Gasteiger partial charge on any atom is 0.118 e. The molecule has 0 radical (unpaired) electrons. The predicted molar refractivity (Wildman–Crippen MR) is 70.2 cm³/mol. The summed E-state index contributed by atoms with van der Waals surface area (Å²) in [5, 5.41) is 0. The van der Waals surface area contributed by atoms with Gasteiger partial charge in [0.2, 0.25) is 0 Å². The fourth-order valence-electron chi connectivity index (χ4n) is 2.55. The standard InChI is InChI=1S/C14H22N2O/c1-17-13-7-5-12(6-8-13)14(11-15)16-9-3-2-4-10-16/h5-8,14H,2-4,9-11,15H2,1H3. The Morgan fingerprint density at radius 2 is 1.82 bits per heavy atom. The first-order valence-corrected chi connectivity index (χ1v) is 6.43. The van der Waals surface area contributed by atoms with Crippen LogP contribution in [0.1, 0.15) is 30.9 Å². The maximum absolute atomic E-state index is 5.93. The van der Waals surface area contributed by atoms with Gasteiger partial charge in [0.05, 0.1) is 7.11 Å². The van der Waals surface area contributed by atoms with Gasteiger partial charge in [-0.25, -0.2) is 0 Å². The summed E-state index contributed by atoms with van der Waals surface area (Å²) in [6.07, 6.45) is 3.95. The number of likely N-dealkylation sites (tertiary alicyclic amines) is 1. The summed E-state index contributed by atoms with van der Waals surface area (Å²) < 4.78 is 5.18.